The second-order valence-corrected chi connectivity index (χ2v) is 9.98. The Balaban J connectivity index is 1.80. The Morgan fingerprint density at radius 2 is 1.80 bits per heavy atom. The molecule has 2 aliphatic rings. The third kappa shape index (κ3) is 2.80. The number of aliphatic imine (C=N–C) groups is 1. The van der Waals surface area contributed by atoms with E-state index < -0.39 is 11.2 Å². The lowest BCUT2D eigenvalue weighted by atomic mass is 9.69. The van der Waals surface area contributed by atoms with Crippen LogP contribution in [0, 0.1) is 37.5 Å². The van der Waals surface area contributed by atoms with Crippen molar-refractivity contribution in [3.63, 3.8) is 0 Å². The zero-order chi connectivity index (χ0) is 22.0. The summed E-state index contributed by atoms with van der Waals surface area (Å²) in [6, 6.07) is 4.00. The van der Waals surface area contributed by atoms with Gasteiger partial charge in [-0.15, -0.1) is 0 Å². The molecule has 2 aliphatic carbocycles. The van der Waals surface area contributed by atoms with E-state index in [2.05, 4.69) is 25.8 Å². The molecule has 0 aliphatic heterocycles. The summed E-state index contributed by atoms with van der Waals surface area (Å²) in [7, 11) is 0. The van der Waals surface area contributed by atoms with Crippen molar-refractivity contribution in [2.24, 2.45) is 21.7 Å². The van der Waals surface area contributed by atoms with E-state index in [1.807, 2.05) is 32.9 Å². The summed E-state index contributed by atoms with van der Waals surface area (Å²) in [4.78, 5) is 32.2. The number of aromatic hydroxyl groups is 1. The Hall–Kier alpha value is -2.63. The van der Waals surface area contributed by atoms with Gasteiger partial charge in [-0.1, -0.05) is 38.5 Å². The molecule has 160 valence electrons. The second kappa shape index (κ2) is 6.69. The van der Waals surface area contributed by atoms with Crippen molar-refractivity contribution in [3.05, 3.63) is 55.2 Å². The van der Waals surface area contributed by atoms with E-state index in [1.165, 1.54) is 17.2 Å². The summed E-state index contributed by atoms with van der Waals surface area (Å²) >= 11 is 0. The van der Waals surface area contributed by atoms with Gasteiger partial charge in [0.1, 0.15) is 5.56 Å². The van der Waals surface area contributed by atoms with E-state index in [1.54, 1.807) is 0 Å². The summed E-state index contributed by atoms with van der Waals surface area (Å²) < 4.78 is 1.18. The van der Waals surface area contributed by atoms with Gasteiger partial charge < -0.3 is 5.11 Å². The monoisotopic (exact) mass is 409 g/mol. The lowest BCUT2D eigenvalue weighted by molar-refractivity contribution is 0.137. The highest BCUT2D eigenvalue weighted by atomic mass is 16.3. The van der Waals surface area contributed by atoms with Crippen LogP contribution in [0.3, 0.4) is 0 Å². The molecule has 2 bridgehead atoms. The SMILES string of the molecule is Cc1cc(C)c(-n2c(O)c(C=N[C@@H]3C[C@@H]4CC[C@]3(C)C4(C)C)c(=O)[nH]c2=O)c(C)c1. The van der Waals surface area contributed by atoms with Crippen LogP contribution < -0.4 is 11.2 Å². The fourth-order valence-electron chi connectivity index (χ4n) is 5.94. The van der Waals surface area contributed by atoms with Gasteiger partial charge in [0.2, 0.25) is 5.88 Å². The van der Waals surface area contributed by atoms with E-state index in [-0.39, 0.29) is 28.3 Å². The van der Waals surface area contributed by atoms with E-state index in [4.69, 9.17) is 4.99 Å². The van der Waals surface area contributed by atoms with Crippen molar-refractivity contribution in [2.75, 3.05) is 0 Å². The zero-order valence-electron chi connectivity index (χ0n) is 18.7. The van der Waals surface area contributed by atoms with Crippen molar-refractivity contribution in [2.45, 2.75) is 66.8 Å². The third-order valence-corrected chi connectivity index (χ3v) is 8.11. The average Bonchev–Trinajstić information content (AvgIpc) is 2.96. The topological polar surface area (TPSA) is 87.4 Å². The molecule has 2 aromatic rings. The molecule has 0 radical (unpaired) electrons. The fraction of sp³-hybridized carbons (Fsp3) is 0.542. The highest BCUT2D eigenvalue weighted by Gasteiger charge is 2.61. The first kappa shape index (κ1) is 20.6. The summed E-state index contributed by atoms with van der Waals surface area (Å²) in [5, 5.41) is 10.9. The predicted octanol–water partition coefficient (Wildman–Crippen LogP) is 3.79. The van der Waals surface area contributed by atoms with Crippen LogP contribution in [0.1, 0.15) is 62.3 Å². The van der Waals surface area contributed by atoms with Crippen molar-refractivity contribution in [1.82, 2.24) is 9.55 Å². The number of hydrogen-bond acceptors (Lipinski definition) is 4. The number of aryl methyl sites for hydroxylation is 3. The molecule has 2 N–H and O–H groups in total. The number of aromatic amines is 1. The molecular formula is C24H31N3O3. The maximum absolute atomic E-state index is 12.6. The first-order valence-electron chi connectivity index (χ1n) is 10.7. The molecule has 0 unspecified atom stereocenters. The Kier molecular flexibility index (Phi) is 4.60. The molecule has 1 heterocycles. The standard InChI is InChI=1S/C24H31N3O3/c1-13-9-14(2)19(15(3)10-13)27-21(29)17(20(28)26-22(27)30)12-25-18-11-16-7-8-24(18,6)23(16,4)5/h9-10,12,16,18,29H,7-8,11H2,1-6H3,(H,26,28,30)/t16-,18+,24-/m0/s1. The summed E-state index contributed by atoms with van der Waals surface area (Å²) in [5.41, 5.74) is 2.39. The molecular weight excluding hydrogens is 378 g/mol. The zero-order valence-corrected chi connectivity index (χ0v) is 18.7. The molecule has 0 saturated heterocycles. The Morgan fingerprint density at radius 3 is 2.33 bits per heavy atom. The smallest absolute Gasteiger partial charge is 0.335 e. The molecule has 0 amide bonds. The normalized spacial score (nSPS) is 27.3. The van der Waals surface area contributed by atoms with Crippen LogP contribution in [0.15, 0.2) is 26.7 Å². The van der Waals surface area contributed by atoms with Crippen molar-refractivity contribution in [1.29, 1.82) is 0 Å². The van der Waals surface area contributed by atoms with Crippen molar-refractivity contribution >= 4 is 6.21 Å². The molecule has 2 fully saturated rings. The summed E-state index contributed by atoms with van der Waals surface area (Å²) in [6.45, 7) is 12.7. The number of aromatic nitrogens is 2. The number of hydrogen-bond donors (Lipinski definition) is 2. The molecule has 1 aromatic heterocycles. The van der Waals surface area contributed by atoms with Gasteiger partial charge in [0.25, 0.3) is 5.56 Å². The van der Waals surface area contributed by atoms with Crippen LogP contribution in [0.25, 0.3) is 5.69 Å². The van der Waals surface area contributed by atoms with Crippen molar-refractivity contribution < 1.29 is 5.11 Å². The van der Waals surface area contributed by atoms with E-state index in [0.717, 1.165) is 29.5 Å². The van der Waals surface area contributed by atoms with Gasteiger partial charge in [-0.3, -0.25) is 14.8 Å². The number of rotatable bonds is 3. The average molecular weight is 410 g/mol. The van der Waals surface area contributed by atoms with Gasteiger partial charge in [-0.25, -0.2) is 9.36 Å². The van der Waals surface area contributed by atoms with Gasteiger partial charge in [0.05, 0.1) is 11.7 Å². The van der Waals surface area contributed by atoms with Crippen molar-refractivity contribution in [3.8, 4) is 11.6 Å². The van der Waals surface area contributed by atoms with Gasteiger partial charge >= 0.3 is 5.69 Å². The van der Waals surface area contributed by atoms with Gasteiger partial charge in [0.15, 0.2) is 0 Å². The Morgan fingerprint density at radius 1 is 1.17 bits per heavy atom. The maximum Gasteiger partial charge on any atom is 0.335 e. The van der Waals surface area contributed by atoms with Crippen LogP contribution in [0.4, 0.5) is 0 Å². The maximum atomic E-state index is 12.6. The number of nitrogens with zero attached hydrogens (tertiary/aromatic N) is 2. The van der Waals surface area contributed by atoms with E-state index >= 15 is 0 Å². The van der Waals surface area contributed by atoms with Crippen LogP contribution in [-0.4, -0.2) is 26.9 Å². The Labute approximate surface area is 176 Å². The highest BCUT2D eigenvalue weighted by Crippen LogP contribution is 2.66. The minimum absolute atomic E-state index is 0.0261. The van der Waals surface area contributed by atoms with Crippen LogP contribution in [0.5, 0.6) is 5.88 Å². The van der Waals surface area contributed by atoms with Crippen LogP contribution >= 0.6 is 0 Å². The first-order chi connectivity index (χ1) is 14.0. The van der Waals surface area contributed by atoms with E-state index in [9.17, 15) is 14.7 Å². The molecule has 6 nitrogen and oxygen atoms in total. The van der Waals surface area contributed by atoms with Crippen LogP contribution in [0.2, 0.25) is 0 Å². The minimum Gasteiger partial charge on any atom is -0.493 e. The number of nitrogens with one attached hydrogen (secondary N) is 1. The highest BCUT2D eigenvalue weighted by molar-refractivity contribution is 5.82. The summed E-state index contributed by atoms with van der Waals surface area (Å²) in [6.07, 6.45) is 4.80. The van der Waals surface area contributed by atoms with Crippen LogP contribution in [-0.2, 0) is 0 Å². The number of benzene rings is 1. The minimum atomic E-state index is -0.655. The summed E-state index contributed by atoms with van der Waals surface area (Å²) in [5.74, 6) is 0.262. The molecule has 0 spiro atoms. The fourth-order valence-corrected chi connectivity index (χ4v) is 5.94. The Bertz CT molecular complexity index is 1150. The predicted molar refractivity (Wildman–Crippen MR) is 119 cm³/mol. The largest absolute Gasteiger partial charge is 0.493 e. The first-order valence-corrected chi connectivity index (χ1v) is 10.7. The molecule has 1 aromatic carbocycles. The third-order valence-electron chi connectivity index (χ3n) is 8.11. The molecule has 4 rings (SSSR count). The van der Waals surface area contributed by atoms with E-state index in [0.29, 0.717) is 11.6 Å². The van der Waals surface area contributed by atoms with Gasteiger partial charge in [-0.2, -0.15) is 0 Å². The number of H-pyrrole nitrogens is 1. The lowest BCUT2D eigenvalue weighted by Gasteiger charge is -2.37. The van der Waals surface area contributed by atoms with Gasteiger partial charge in [0, 0.05) is 6.21 Å². The lowest BCUT2D eigenvalue weighted by Crippen LogP contribution is -2.35. The number of fused-ring (bicyclic) bond motifs is 2. The molecule has 2 saturated carbocycles. The molecule has 30 heavy (non-hydrogen) atoms. The van der Waals surface area contributed by atoms with Gasteiger partial charge in [-0.05, 0) is 67.9 Å². The molecule has 6 heteroatoms. The molecule has 3 atom stereocenters. The quantitative estimate of drug-likeness (QED) is 0.756. The second-order valence-electron chi connectivity index (χ2n) is 9.98.